The zero-order valence-corrected chi connectivity index (χ0v) is 6.79. The standard InChI is InChI=1S/C8H10N3O/c1-2-10-8(12)6-4-3-5-11-7(6)9/h4-5H,2H2,1H3,(H2,9,11)(H,10,12). The molecule has 1 heterocycles. The number of pyridine rings is 1. The Morgan fingerprint density at radius 1 is 1.83 bits per heavy atom. The second-order valence-corrected chi connectivity index (χ2v) is 2.23. The maximum atomic E-state index is 11.2. The molecule has 4 nitrogen and oxygen atoms in total. The number of aromatic nitrogens is 1. The van der Waals surface area contributed by atoms with Crippen LogP contribution in [-0.2, 0) is 0 Å². The number of nitrogens with two attached hydrogens (primary N) is 1. The molecule has 0 atom stereocenters. The third kappa shape index (κ3) is 1.72. The van der Waals surface area contributed by atoms with Crippen molar-refractivity contribution in [3.8, 4) is 0 Å². The average molecular weight is 164 g/mol. The fourth-order valence-electron chi connectivity index (χ4n) is 0.809. The van der Waals surface area contributed by atoms with Gasteiger partial charge in [-0.15, -0.1) is 0 Å². The van der Waals surface area contributed by atoms with Gasteiger partial charge in [0.2, 0.25) is 0 Å². The molecule has 0 aliphatic heterocycles. The minimum absolute atomic E-state index is 0.209. The summed E-state index contributed by atoms with van der Waals surface area (Å²) in [5.74, 6) is 0.0269. The molecule has 0 bridgehead atoms. The van der Waals surface area contributed by atoms with Crippen LogP contribution in [0.1, 0.15) is 17.3 Å². The third-order valence-corrected chi connectivity index (χ3v) is 1.36. The normalized spacial score (nSPS) is 9.42. The van der Waals surface area contributed by atoms with E-state index in [0.717, 1.165) is 0 Å². The second-order valence-electron chi connectivity index (χ2n) is 2.23. The zero-order valence-electron chi connectivity index (χ0n) is 6.79. The molecule has 1 aromatic rings. The van der Waals surface area contributed by atoms with Crippen molar-refractivity contribution >= 4 is 11.7 Å². The van der Waals surface area contributed by atoms with E-state index >= 15 is 0 Å². The molecular weight excluding hydrogens is 154 g/mol. The van der Waals surface area contributed by atoms with E-state index in [1.165, 1.54) is 12.3 Å². The topological polar surface area (TPSA) is 68.0 Å². The molecular formula is C8H10N3O. The molecule has 0 aromatic carbocycles. The van der Waals surface area contributed by atoms with Crippen LogP contribution in [0.15, 0.2) is 12.3 Å². The summed E-state index contributed by atoms with van der Waals surface area (Å²) in [5, 5.41) is 2.62. The van der Waals surface area contributed by atoms with Crippen molar-refractivity contribution in [3.05, 3.63) is 23.9 Å². The lowest BCUT2D eigenvalue weighted by atomic mass is 10.2. The van der Waals surface area contributed by atoms with E-state index in [0.29, 0.717) is 12.1 Å². The van der Waals surface area contributed by atoms with Gasteiger partial charge in [-0.25, -0.2) is 4.98 Å². The van der Waals surface area contributed by atoms with Gasteiger partial charge in [-0.1, -0.05) is 0 Å². The molecule has 0 unspecified atom stereocenters. The van der Waals surface area contributed by atoms with Crippen molar-refractivity contribution < 1.29 is 4.79 Å². The van der Waals surface area contributed by atoms with Crippen LogP contribution in [0.25, 0.3) is 0 Å². The summed E-state index contributed by atoms with van der Waals surface area (Å²) in [7, 11) is 0. The van der Waals surface area contributed by atoms with Crippen LogP contribution in [0.4, 0.5) is 5.82 Å². The van der Waals surface area contributed by atoms with E-state index in [-0.39, 0.29) is 11.7 Å². The van der Waals surface area contributed by atoms with Gasteiger partial charge in [-0.2, -0.15) is 0 Å². The first kappa shape index (κ1) is 8.52. The highest BCUT2D eigenvalue weighted by Crippen LogP contribution is 2.05. The summed E-state index contributed by atoms with van der Waals surface area (Å²) >= 11 is 0. The molecule has 0 aliphatic rings. The number of nitrogens with zero attached hydrogens (tertiary/aromatic N) is 1. The van der Waals surface area contributed by atoms with E-state index in [9.17, 15) is 4.79 Å². The smallest absolute Gasteiger partial charge is 0.255 e. The number of anilines is 1. The summed E-state index contributed by atoms with van der Waals surface area (Å²) in [6, 6.07) is 4.21. The van der Waals surface area contributed by atoms with Crippen LogP contribution >= 0.6 is 0 Å². The quantitative estimate of drug-likeness (QED) is 0.656. The minimum atomic E-state index is -0.209. The Kier molecular flexibility index (Phi) is 2.63. The molecule has 0 fully saturated rings. The van der Waals surface area contributed by atoms with Gasteiger partial charge in [0.25, 0.3) is 5.91 Å². The maximum Gasteiger partial charge on any atom is 0.255 e. The summed E-state index contributed by atoms with van der Waals surface area (Å²) in [4.78, 5) is 15.0. The number of nitrogen functional groups attached to an aromatic ring is 1. The molecule has 1 amide bonds. The lowest BCUT2D eigenvalue weighted by Gasteiger charge is -2.02. The third-order valence-electron chi connectivity index (χ3n) is 1.36. The van der Waals surface area contributed by atoms with Gasteiger partial charge in [0.1, 0.15) is 5.82 Å². The van der Waals surface area contributed by atoms with E-state index < -0.39 is 0 Å². The summed E-state index contributed by atoms with van der Waals surface area (Å²) in [5.41, 5.74) is 5.83. The summed E-state index contributed by atoms with van der Waals surface area (Å²) in [6.45, 7) is 2.42. The second kappa shape index (κ2) is 3.71. The van der Waals surface area contributed by atoms with Gasteiger partial charge >= 0.3 is 0 Å². The van der Waals surface area contributed by atoms with Gasteiger partial charge in [0.05, 0.1) is 5.56 Å². The molecule has 63 valence electrons. The first-order valence-corrected chi connectivity index (χ1v) is 3.65. The molecule has 1 radical (unpaired) electrons. The lowest BCUT2D eigenvalue weighted by molar-refractivity contribution is 0.0956. The number of amides is 1. The van der Waals surface area contributed by atoms with Crippen molar-refractivity contribution in [3.63, 3.8) is 0 Å². The minimum Gasteiger partial charge on any atom is -0.383 e. The van der Waals surface area contributed by atoms with Gasteiger partial charge in [-0.05, 0) is 13.0 Å². The Balaban J connectivity index is 2.87. The number of hydrogen-bond donors (Lipinski definition) is 2. The molecule has 0 saturated heterocycles. The molecule has 4 heteroatoms. The number of hydrogen-bond acceptors (Lipinski definition) is 3. The summed E-state index contributed by atoms with van der Waals surface area (Å²) < 4.78 is 0. The van der Waals surface area contributed by atoms with Crippen molar-refractivity contribution in [2.45, 2.75) is 6.92 Å². The lowest BCUT2D eigenvalue weighted by Crippen LogP contribution is -2.23. The Bertz CT molecular complexity index is 285. The highest BCUT2D eigenvalue weighted by Gasteiger charge is 2.07. The van der Waals surface area contributed by atoms with Gasteiger partial charge < -0.3 is 11.1 Å². The highest BCUT2D eigenvalue weighted by molar-refractivity contribution is 5.98. The number of carbonyl (C=O) groups is 1. The molecule has 3 N–H and O–H groups in total. The fourth-order valence-corrected chi connectivity index (χ4v) is 0.809. The maximum absolute atomic E-state index is 11.2. The Morgan fingerprint density at radius 2 is 2.58 bits per heavy atom. The fraction of sp³-hybridized carbons (Fsp3) is 0.250. The van der Waals surface area contributed by atoms with Gasteiger partial charge in [0.15, 0.2) is 0 Å². The SMILES string of the molecule is CCNC(=O)c1c[c]cnc1N. The predicted octanol–water partition coefficient (Wildman–Crippen LogP) is 0.214. The van der Waals surface area contributed by atoms with Crippen molar-refractivity contribution in [1.82, 2.24) is 10.3 Å². The monoisotopic (exact) mass is 164 g/mol. The van der Waals surface area contributed by atoms with Crippen LogP contribution in [0.2, 0.25) is 0 Å². The van der Waals surface area contributed by atoms with Crippen LogP contribution in [0.5, 0.6) is 0 Å². The van der Waals surface area contributed by atoms with Gasteiger partial charge in [-0.3, -0.25) is 4.79 Å². The molecule has 1 aromatic heterocycles. The van der Waals surface area contributed by atoms with E-state index in [1.807, 2.05) is 6.92 Å². The van der Waals surface area contributed by atoms with Crippen LogP contribution in [0.3, 0.4) is 0 Å². The van der Waals surface area contributed by atoms with E-state index in [4.69, 9.17) is 5.73 Å². The Morgan fingerprint density at radius 3 is 3.17 bits per heavy atom. The van der Waals surface area contributed by atoms with Crippen LogP contribution in [0, 0.1) is 6.07 Å². The van der Waals surface area contributed by atoms with E-state index in [2.05, 4.69) is 16.4 Å². The summed E-state index contributed by atoms with van der Waals surface area (Å²) in [6.07, 6.45) is 1.43. The molecule has 12 heavy (non-hydrogen) atoms. The first-order chi connectivity index (χ1) is 5.75. The predicted molar refractivity (Wildman–Crippen MR) is 45.5 cm³/mol. The number of nitrogens with one attached hydrogen (secondary N) is 1. The zero-order chi connectivity index (χ0) is 8.97. The van der Waals surface area contributed by atoms with Crippen molar-refractivity contribution in [1.29, 1.82) is 0 Å². The first-order valence-electron chi connectivity index (χ1n) is 3.65. The molecule has 1 rings (SSSR count). The number of carbonyl (C=O) groups excluding carboxylic acids is 1. The largest absolute Gasteiger partial charge is 0.383 e. The molecule has 0 spiro atoms. The Hall–Kier alpha value is -1.58. The van der Waals surface area contributed by atoms with E-state index in [1.54, 1.807) is 0 Å². The molecule has 0 aliphatic carbocycles. The molecule has 0 saturated carbocycles. The van der Waals surface area contributed by atoms with Crippen LogP contribution in [-0.4, -0.2) is 17.4 Å². The Labute approximate surface area is 70.8 Å². The van der Waals surface area contributed by atoms with Crippen molar-refractivity contribution in [2.75, 3.05) is 12.3 Å². The average Bonchev–Trinajstić information content (AvgIpc) is 2.05. The highest BCUT2D eigenvalue weighted by atomic mass is 16.1. The van der Waals surface area contributed by atoms with Crippen LogP contribution < -0.4 is 11.1 Å². The van der Waals surface area contributed by atoms with Crippen molar-refractivity contribution in [2.24, 2.45) is 0 Å². The van der Waals surface area contributed by atoms with Gasteiger partial charge in [0, 0.05) is 18.8 Å². The number of rotatable bonds is 2.